The summed E-state index contributed by atoms with van der Waals surface area (Å²) in [5, 5.41) is 14.3. The van der Waals surface area contributed by atoms with Crippen molar-refractivity contribution in [2.75, 3.05) is 0 Å². The van der Waals surface area contributed by atoms with Gasteiger partial charge in [0.1, 0.15) is 0 Å². The number of allylic oxidation sites excluding steroid dienone is 1. The molecule has 1 N–H and O–H groups in total. The monoisotopic (exact) mass is 456 g/mol. The van der Waals surface area contributed by atoms with Crippen LogP contribution in [0.1, 0.15) is 47.3 Å². The molecule has 8 heteroatoms. The van der Waals surface area contributed by atoms with Crippen LogP contribution in [0.25, 0.3) is 0 Å². The van der Waals surface area contributed by atoms with Gasteiger partial charge in [-0.25, -0.2) is 9.97 Å². The van der Waals surface area contributed by atoms with E-state index in [0.29, 0.717) is 26.8 Å². The fourth-order valence-corrected chi connectivity index (χ4v) is 6.31. The highest BCUT2D eigenvalue weighted by molar-refractivity contribution is 8.04. The van der Waals surface area contributed by atoms with Crippen LogP contribution >= 0.6 is 35.1 Å². The molecular formula is C22H21ClN4OS2. The van der Waals surface area contributed by atoms with Crippen LogP contribution in [-0.4, -0.2) is 21.1 Å². The van der Waals surface area contributed by atoms with Gasteiger partial charge in [-0.15, -0.1) is 11.8 Å². The molecule has 4 rings (SSSR count). The van der Waals surface area contributed by atoms with Gasteiger partial charge in [-0.2, -0.15) is 5.26 Å². The summed E-state index contributed by atoms with van der Waals surface area (Å²) in [5.74, 6) is 0.548. The zero-order valence-electron chi connectivity index (χ0n) is 16.5. The van der Waals surface area contributed by atoms with Crippen LogP contribution < -0.4 is 5.32 Å². The van der Waals surface area contributed by atoms with E-state index in [9.17, 15) is 10.1 Å². The molecule has 2 aromatic rings. The number of nitrogens with one attached hydrogen (secondary N) is 1. The Morgan fingerprint density at radius 2 is 2.23 bits per heavy atom. The Morgan fingerprint density at radius 1 is 1.40 bits per heavy atom. The minimum atomic E-state index is -0.395. The molecule has 0 bridgehead atoms. The van der Waals surface area contributed by atoms with Gasteiger partial charge in [-0.1, -0.05) is 66.0 Å². The van der Waals surface area contributed by atoms with E-state index >= 15 is 0 Å². The van der Waals surface area contributed by atoms with E-state index in [1.807, 2.05) is 6.07 Å². The molecule has 1 fully saturated rings. The minimum absolute atomic E-state index is 0.138. The van der Waals surface area contributed by atoms with Crippen molar-refractivity contribution in [3.63, 3.8) is 0 Å². The Labute approximate surface area is 189 Å². The zero-order valence-corrected chi connectivity index (χ0v) is 18.9. The number of hydrogen-bond acceptors (Lipinski definition) is 6. The first-order chi connectivity index (χ1) is 14.5. The van der Waals surface area contributed by atoms with Crippen molar-refractivity contribution in [3.8, 4) is 6.07 Å². The molecule has 5 nitrogen and oxygen atoms in total. The fraction of sp³-hybridized carbons (Fsp3) is 0.364. The van der Waals surface area contributed by atoms with Crippen LogP contribution in [0.3, 0.4) is 0 Å². The summed E-state index contributed by atoms with van der Waals surface area (Å²) in [6, 6.07) is 10.5. The highest BCUT2D eigenvalue weighted by Crippen LogP contribution is 2.47. The average molecular weight is 457 g/mol. The lowest BCUT2D eigenvalue weighted by atomic mass is 9.84. The van der Waals surface area contributed by atoms with Crippen molar-refractivity contribution in [1.29, 1.82) is 5.26 Å². The summed E-state index contributed by atoms with van der Waals surface area (Å²) < 4.78 is 0. The smallest absolute Gasteiger partial charge is 0.276 e. The van der Waals surface area contributed by atoms with Crippen LogP contribution in [0.2, 0.25) is 5.02 Å². The number of thioether (sulfide) groups is 2. The number of nitrogens with zero attached hydrogens (tertiary/aromatic N) is 3. The molecule has 0 radical (unpaired) electrons. The summed E-state index contributed by atoms with van der Waals surface area (Å²) in [4.78, 5) is 21.5. The predicted octanol–water partition coefficient (Wildman–Crippen LogP) is 5.50. The van der Waals surface area contributed by atoms with Crippen molar-refractivity contribution in [2.45, 2.75) is 48.8 Å². The van der Waals surface area contributed by atoms with E-state index in [2.05, 4.69) is 46.5 Å². The molecule has 1 aliphatic carbocycles. The quantitative estimate of drug-likeness (QED) is 0.472. The van der Waals surface area contributed by atoms with Gasteiger partial charge in [0, 0.05) is 16.9 Å². The number of carbonyl (C=O) groups excluding carboxylic acids is 1. The van der Waals surface area contributed by atoms with E-state index < -0.39 is 5.91 Å². The Bertz CT molecular complexity index is 1050. The predicted molar refractivity (Wildman–Crippen MR) is 121 cm³/mol. The molecule has 2 heterocycles. The van der Waals surface area contributed by atoms with Crippen molar-refractivity contribution >= 4 is 41.0 Å². The van der Waals surface area contributed by atoms with Crippen LogP contribution in [0.15, 0.2) is 46.2 Å². The maximum Gasteiger partial charge on any atom is 0.276 e. The Hall–Kier alpha value is -2.01. The largest absolute Gasteiger partial charge is 0.314 e. The van der Waals surface area contributed by atoms with Gasteiger partial charge >= 0.3 is 0 Å². The van der Waals surface area contributed by atoms with E-state index in [-0.39, 0.29) is 16.6 Å². The second-order valence-corrected chi connectivity index (χ2v) is 10.1. The van der Waals surface area contributed by atoms with Gasteiger partial charge in [-0.05, 0) is 25.3 Å². The topological polar surface area (TPSA) is 78.7 Å². The third kappa shape index (κ3) is 4.66. The molecule has 1 saturated carbocycles. The highest BCUT2D eigenvalue weighted by Gasteiger charge is 2.38. The van der Waals surface area contributed by atoms with Crippen molar-refractivity contribution in [2.24, 2.45) is 5.92 Å². The van der Waals surface area contributed by atoms with E-state index in [4.69, 9.17) is 11.6 Å². The zero-order chi connectivity index (χ0) is 21.1. The normalized spacial score (nSPS) is 20.6. The molecule has 1 aromatic carbocycles. The van der Waals surface area contributed by atoms with Crippen LogP contribution in [-0.2, 0) is 5.75 Å². The van der Waals surface area contributed by atoms with Gasteiger partial charge in [0.05, 0.1) is 27.9 Å². The van der Waals surface area contributed by atoms with Crippen LogP contribution in [0.5, 0.6) is 0 Å². The van der Waals surface area contributed by atoms with Crippen molar-refractivity contribution in [3.05, 3.63) is 62.9 Å². The average Bonchev–Trinajstić information content (AvgIpc) is 3.10. The van der Waals surface area contributed by atoms with E-state index in [1.54, 1.807) is 11.8 Å². The maximum absolute atomic E-state index is 12.9. The minimum Gasteiger partial charge on any atom is -0.314 e. The first-order valence-corrected chi connectivity index (χ1v) is 12.1. The second-order valence-electron chi connectivity index (χ2n) is 7.48. The molecule has 2 unspecified atom stereocenters. The first kappa shape index (κ1) is 21.2. The Morgan fingerprint density at radius 3 is 3.03 bits per heavy atom. The third-order valence-corrected chi connectivity index (χ3v) is 7.96. The van der Waals surface area contributed by atoms with E-state index in [1.165, 1.54) is 35.5 Å². The molecule has 1 aliphatic heterocycles. The van der Waals surface area contributed by atoms with Gasteiger partial charge in [-0.3, -0.25) is 4.79 Å². The molecule has 2 aliphatic rings. The molecular weight excluding hydrogens is 436 g/mol. The number of aromatic nitrogens is 2. The van der Waals surface area contributed by atoms with Crippen molar-refractivity contribution < 1.29 is 4.79 Å². The molecule has 1 amide bonds. The Balaban J connectivity index is 1.48. The summed E-state index contributed by atoms with van der Waals surface area (Å²) >= 11 is 9.28. The SMILES string of the molecule is Cc1cccc(CSc2ncc(Cl)c(C(=O)NC3=C(C#N)C4CCCCC4S3)n2)c1. The number of benzene rings is 1. The maximum atomic E-state index is 12.9. The standard InChI is InChI=1S/C22H21ClN4OS2/c1-13-5-4-6-14(9-13)12-29-22-25-11-17(23)19(26-22)20(28)27-21-16(10-24)15-7-2-3-8-18(15)30-21/h4-6,9,11,15,18H,2-3,7-8,12H2,1H3,(H,27,28). The lowest BCUT2D eigenvalue weighted by Crippen LogP contribution is -2.23. The van der Waals surface area contributed by atoms with Gasteiger partial charge in [0.2, 0.25) is 0 Å². The number of fused-ring (bicyclic) bond motifs is 1. The lowest BCUT2D eigenvalue weighted by molar-refractivity contribution is 0.0963. The number of amides is 1. The van der Waals surface area contributed by atoms with Gasteiger partial charge in [0.25, 0.3) is 5.91 Å². The number of aryl methyl sites for hydroxylation is 1. The molecule has 154 valence electrons. The summed E-state index contributed by atoms with van der Waals surface area (Å²) in [7, 11) is 0. The molecule has 0 spiro atoms. The van der Waals surface area contributed by atoms with Crippen LogP contribution in [0, 0.1) is 24.2 Å². The number of carbonyl (C=O) groups is 1. The fourth-order valence-electron chi connectivity index (χ4n) is 3.87. The lowest BCUT2D eigenvalue weighted by Gasteiger charge is -2.24. The molecule has 0 saturated heterocycles. The van der Waals surface area contributed by atoms with Crippen molar-refractivity contribution in [1.82, 2.24) is 15.3 Å². The van der Waals surface area contributed by atoms with E-state index in [0.717, 1.165) is 19.3 Å². The molecule has 2 atom stereocenters. The summed E-state index contributed by atoms with van der Waals surface area (Å²) in [6.45, 7) is 2.05. The number of halogens is 1. The summed E-state index contributed by atoms with van der Waals surface area (Å²) in [6.07, 6.45) is 5.85. The van der Waals surface area contributed by atoms with Crippen LogP contribution in [0.4, 0.5) is 0 Å². The number of nitriles is 1. The van der Waals surface area contributed by atoms with Gasteiger partial charge < -0.3 is 5.32 Å². The third-order valence-electron chi connectivity index (χ3n) is 5.32. The molecule has 1 aromatic heterocycles. The first-order valence-electron chi connectivity index (χ1n) is 9.88. The highest BCUT2D eigenvalue weighted by atomic mass is 35.5. The number of hydrogen-bond donors (Lipinski definition) is 1. The summed E-state index contributed by atoms with van der Waals surface area (Å²) in [5.41, 5.74) is 3.19. The molecule has 30 heavy (non-hydrogen) atoms. The second kappa shape index (κ2) is 9.42. The number of rotatable bonds is 5. The van der Waals surface area contributed by atoms with Gasteiger partial charge in [0.15, 0.2) is 10.9 Å². The Kier molecular flexibility index (Phi) is 6.67.